The molecule has 180 valence electrons. The average Bonchev–Trinajstić information content (AvgIpc) is 3.60. The van der Waals surface area contributed by atoms with Crippen LogP contribution in [0, 0.1) is 6.92 Å². The Hall–Kier alpha value is -3.30. The summed E-state index contributed by atoms with van der Waals surface area (Å²) in [5.74, 6) is 0.515. The summed E-state index contributed by atoms with van der Waals surface area (Å²) in [6.45, 7) is 6.04. The fourth-order valence-electron chi connectivity index (χ4n) is 5.24. The third-order valence-corrected chi connectivity index (χ3v) is 7.88. The number of anilines is 3. The minimum atomic E-state index is 0.0121. The second-order valence-corrected chi connectivity index (χ2v) is 10.2. The maximum atomic E-state index is 13.7. The third-order valence-electron chi connectivity index (χ3n) is 7.08. The van der Waals surface area contributed by atoms with Gasteiger partial charge in [-0.1, -0.05) is 12.8 Å². The van der Waals surface area contributed by atoms with Crippen molar-refractivity contribution in [2.24, 2.45) is 0 Å². The van der Waals surface area contributed by atoms with E-state index >= 15 is 0 Å². The molecule has 4 heterocycles. The number of aryl methyl sites for hydroxylation is 1. The number of hydrogen-bond acceptors (Lipinski definition) is 8. The molecule has 2 aliphatic rings. The molecule has 1 saturated heterocycles. The molecular formula is C26H29N7OS. The molecule has 1 aliphatic heterocycles. The summed E-state index contributed by atoms with van der Waals surface area (Å²) in [6.07, 6.45) is 6.04. The molecule has 35 heavy (non-hydrogen) atoms. The first-order valence-corrected chi connectivity index (χ1v) is 13.2. The highest BCUT2D eigenvalue weighted by molar-refractivity contribution is 7.13. The van der Waals surface area contributed by atoms with Crippen LogP contribution in [0.25, 0.3) is 21.5 Å². The first-order chi connectivity index (χ1) is 17.2. The second kappa shape index (κ2) is 9.39. The zero-order valence-corrected chi connectivity index (χ0v) is 20.6. The van der Waals surface area contributed by atoms with E-state index in [0.717, 1.165) is 73.5 Å². The predicted octanol–water partition coefficient (Wildman–Crippen LogP) is 4.49. The van der Waals surface area contributed by atoms with Gasteiger partial charge in [-0.2, -0.15) is 4.98 Å². The SMILES string of the molecule is Cc1nc(Nc2ccc(N3CCNCC3)cc2)nc2c1cc(-c1cncs1)c(=O)n2C1CCCC1. The maximum absolute atomic E-state index is 13.7. The van der Waals surface area contributed by atoms with Gasteiger partial charge in [0.1, 0.15) is 5.65 Å². The van der Waals surface area contributed by atoms with Crippen LogP contribution in [-0.4, -0.2) is 45.7 Å². The molecule has 6 rings (SSSR count). The van der Waals surface area contributed by atoms with E-state index in [1.807, 2.05) is 17.6 Å². The van der Waals surface area contributed by atoms with Gasteiger partial charge in [0, 0.05) is 55.2 Å². The summed E-state index contributed by atoms with van der Waals surface area (Å²) in [4.78, 5) is 30.8. The number of piperazine rings is 1. The van der Waals surface area contributed by atoms with E-state index in [-0.39, 0.29) is 11.6 Å². The monoisotopic (exact) mass is 487 g/mol. The molecule has 0 spiro atoms. The van der Waals surface area contributed by atoms with Crippen LogP contribution in [0.3, 0.4) is 0 Å². The van der Waals surface area contributed by atoms with Crippen LogP contribution in [-0.2, 0) is 0 Å². The van der Waals surface area contributed by atoms with Crippen molar-refractivity contribution < 1.29 is 0 Å². The number of nitrogens with one attached hydrogen (secondary N) is 2. The largest absolute Gasteiger partial charge is 0.369 e. The Morgan fingerprint density at radius 2 is 1.86 bits per heavy atom. The van der Waals surface area contributed by atoms with Gasteiger partial charge in [0.2, 0.25) is 5.95 Å². The van der Waals surface area contributed by atoms with Crippen LogP contribution in [0.4, 0.5) is 17.3 Å². The second-order valence-electron chi connectivity index (χ2n) is 9.32. The fraction of sp³-hybridized carbons (Fsp3) is 0.385. The maximum Gasteiger partial charge on any atom is 0.261 e. The lowest BCUT2D eigenvalue weighted by Crippen LogP contribution is -2.43. The molecule has 0 radical (unpaired) electrons. The van der Waals surface area contributed by atoms with Crippen molar-refractivity contribution >= 4 is 39.7 Å². The summed E-state index contributed by atoms with van der Waals surface area (Å²) < 4.78 is 1.92. The van der Waals surface area contributed by atoms with Crippen molar-refractivity contribution in [1.29, 1.82) is 0 Å². The molecule has 9 heteroatoms. The van der Waals surface area contributed by atoms with Gasteiger partial charge in [-0.15, -0.1) is 11.3 Å². The van der Waals surface area contributed by atoms with Crippen LogP contribution in [0.2, 0.25) is 0 Å². The minimum absolute atomic E-state index is 0.0121. The predicted molar refractivity (Wildman–Crippen MR) is 142 cm³/mol. The van der Waals surface area contributed by atoms with Crippen LogP contribution in [0.15, 0.2) is 46.8 Å². The van der Waals surface area contributed by atoms with E-state index in [4.69, 9.17) is 9.97 Å². The summed E-state index contributed by atoms with van der Waals surface area (Å²) in [6, 6.07) is 10.5. The van der Waals surface area contributed by atoms with Crippen molar-refractivity contribution in [3.05, 3.63) is 58.1 Å². The third kappa shape index (κ3) is 4.30. The van der Waals surface area contributed by atoms with Crippen molar-refractivity contribution in [1.82, 2.24) is 24.8 Å². The molecule has 2 N–H and O–H groups in total. The molecule has 1 aliphatic carbocycles. The van der Waals surface area contributed by atoms with Gasteiger partial charge in [0.05, 0.1) is 21.6 Å². The van der Waals surface area contributed by atoms with Crippen LogP contribution >= 0.6 is 11.3 Å². The highest BCUT2D eigenvalue weighted by Crippen LogP contribution is 2.33. The molecule has 0 bridgehead atoms. The Morgan fingerprint density at radius 3 is 2.57 bits per heavy atom. The average molecular weight is 488 g/mol. The summed E-state index contributed by atoms with van der Waals surface area (Å²) in [5.41, 5.74) is 6.18. The van der Waals surface area contributed by atoms with Gasteiger partial charge >= 0.3 is 0 Å². The van der Waals surface area contributed by atoms with Crippen molar-refractivity contribution in [3.63, 3.8) is 0 Å². The lowest BCUT2D eigenvalue weighted by atomic mass is 10.1. The molecule has 4 aromatic rings. The molecule has 0 amide bonds. The van der Waals surface area contributed by atoms with Crippen molar-refractivity contribution in [2.45, 2.75) is 38.6 Å². The molecule has 3 aromatic heterocycles. The molecule has 0 unspecified atom stereocenters. The molecule has 1 saturated carbocycles. The highest BCUT2D eigenvalue weighted by Gasteiger charge is 2.24. The number of pyridine rings is 1. The Balaban J connectivity index is 1.39. The lowest BCUT2D eigenvalue weighted by Gasteiger charge is -2.29. The van der Waals surface area contributed by atoms with E-state index in [1.54, 1.807) is 11.7 Å². The summed E-state index contributed by atoms with van der Waals surface area (Å²) >= 11 is 1.49. The minimum Gasteiger partial charge on any atom is -0.369 e. The van der Waals surface area contributed by atoms with E-state index in [2.05, 4.69) is 44.8 Å². The zero-order chi connectivity index (χ0) is 23.8. The highest BCUT2D eigenvalue weighted by atomic mass is 32.1. The van der Waals surface area contributed by atoms with Gasteiger partial charge < -0.3 is 15.5 Å². The smallest absolute Gasteiger partial charge is 0.261 e. The number of benzene rings is 1. The van der Waals surface area contributed by atoms with Gasteiger partial charge in [0.25, 0.3) is 5.56 Å². The van der Waals surface area contributed by atoms with Gasteiger partial charge in [-0.3, -0.25) is 14.3 Å². The Bertz CT molecular complexity index is 1390. The number of nitrogens with zero attached hydrogens (tertiary/aromatic N) is 5. The quantitative estimate of drug-likeness (QED) is 0.429. The Morgan fingerprint density at radius 1 is 1.09 bits per heavy atom. The molecule has 2 fully saturated rings. The summed E-state index contributed by atoms with van der Waals surface area (Å²) in [5, 5.41) is 7.68. The van der Waals surface area contributed by atoms with Gasteiger partial charge in [0.15, 0.2) is 0 Å². The van der Waals surface area contributed by atoms with Crippen LogP contribution < -0.4 is 21.1 Å². The first kappa shape index (κ1) is 22.2. The molecular weight excluding hydrogens is 458 g/mol. The van der Waals surface area contributed by atoms with Crippen LogP contribution in [0.1, 0.15) is 37.4 Å². The number of rotatable bonds is 5. The number of fused-ring (bicyclic) bond motifs is 1. The van der Waals surface area contributed by atoms with Gasteiger partial charge in [-0.05, 0) is 50.1 Å². The van der Waals surface area contributed by atoms with Crippen LogP contribution in [0.5, 0.6) is 0 Å². The van der Waals surface area contributed by atoms with E-state index in [9.17, 15) is 4.79 Å². The lowest BCUT2D eigenvalue weighted by molar-refractivity contribution is 0.516. The molecule has 8 nitrogen and oxygen atoms in total. The van der Waals surface area contributed by atoms with E-state index < -0.39 is 0 Å². The fourth-order valence-corrected chi connectivity index (χ4v) is 5.87. The van der Waals surface area contributed by atoms with Crippen molar-refractivity contribution in [2.75, 3.05) is 36.4 Å². The Labute approximate surface area is 208 Å². The van der Waals surface area contributed by atoms with Gasteiger partial charge in [-0.25, -0.2) is 4.98 Å². The number of thiazole rings is 1. The zero-order valence-electron chi connectivity index (χ0n) is 19.8. The van der Waals surface area contributed by atoms with E-state index in [0.29, 0.717) is 17.2 Å². The standard InChI is InChI=1S/C26H29N7OS/c1-17-21-14-22(23-15-28-16-35-23)25(34)33(20-4-2-3-5-20)24(21)31-26(29-17)30-18-6-8-19(9-7-18)32-12-10-27-11-13-32/h6-9,14-16,20,27H,2-5,10-13H2,1H3,(H,29,30,31). The summed E-state index contributed by atoms with van der Waals surface area (Å²) in [7, 11) is 0. The van der Waals surface area contributed by atoms with E-state index in [1.165, 1.54) is 17.0 Å². The Kier molecular flexibility index (Phi) is 5.95. The normalized spacial score (nSPS) is 16.8. The first-order valence-electron chi connectivity index (χ1n) is 12.3. The molecule has 1 aromatic carbocycles. The molecule has 0 atom stereocenters. The topological polar surface area (TPSA) is 88.0 Å². The van der Waals surface area contributed by atoms with Crippen molar-refractivity contribution in [3.8, 4) is 10.4 Å². The number of hydrogen-bond donors (Lipinski definition) is 2. The number of aromatic nitrogens is 4.